The molecule has 0 bridgehead atoms. The van der Waals surface area contributed by atoms with Crippen LogP contribution in [0.2, 0.25) is 0 Å². The molecule has 1 amide bonds. The van der Waals surface area contributed by atoms with Crippen LogP contribution in [0.1, 0.15) is 23.9 Å². The van der Waals surface area contributed by atoms with Crippen LogP contribution in [0.25, 0.3) is 0 Å². The van der Waals surface area contributed by atoms with Gasteiger partial charge in [-0.2, -0.15) is 18.3 Å². The van der Waals surface area contributed by atoms with Gasteiger partial charge >= 0.3 is 6.18 Å². The molecule has 0 saturated carbocycles. The van der Waals surface area contributed by atoms with Crippen LogP contribution in [-0.2, 0) is 17.9 Å². The van der Waals surface area contributed by atoms with E-state index in [-0.39, 0.29) is 13.1 Å². The number of piperazine rings is 1. The number of carbonyl (C=O) groups excluding carboxylic acids is 1. The van der Waals surface area contributed by atoms with Gasteiger partial charge in [-0.1, -0.05) is 0 Å². The Kier molecular flexibility index (Phi) is 4.79. The van der Waals surface area contributed by atoms with Crippen LogP contribution < -0.4 is 0 Å². The van der Waals surface area contributed by atoms with Gasteiger partial charge in [0.05, 0.1) is 12.2 Å². The van der Waals surface area contributed by atoms with Crippen molar-refractivity contribution in [2.75, 3.05) is 26.2 Å². The van der Waals surface area contributed by atoms with Crippen molar-refractivity contribution in [1.29, 1.82) is 0 Å². The summed E-state index contributed by atoms with van der Waals surface area (Å²) >= 11 is 0. The second kappa shape index (κ2) is 6.28. The summed E-state index contributed by atoms with van der Waals surface area (Å²) in [6, 6.07) is 0. The van der Waals surface area contributed by atoms with Crippen LogP contribution >= 0.6 is 0 Å². The number of hydrogen-bond donors (Lipinski definition) is 0. The number of alkyl halides is 3. The minimum atomic E-state index is -4.34. The monoisotopic (exact) mass is 318 g/mol. The number of rotatable bonds is 4. The Bertz CT molecular complexity index is 553. The van der Waals surface area contributed by atoms with Crippen molar-refractivity contribution in [3.8, 4) is 0 Å². The second-order valence-electron chi connectivity index (χ2n) is 5.61. The highest BCUT2D eigenvalue weighted by molar-refractivity contribution is 5.79. The summed E-state index contributed by atoms with van der Waals surface area (Å²) < 4.78 is 39.1. The predicted octanol–water partition coefficient (Wildman–Crippen LogP) is 1.73. The molecule has 22 heavy (non-hydrogen) atoms. The first-order chi connectivity index (χ1) is 10.2. The maximum absolute atomic E-state index is 12.4. The fourth-order valence-corrected chi connectivity index (χ4v) is 2.77. The van der Waals surface area contributed by atoms with Crippen molar-refractivity contribution >= 4 is 5.91 Å². The molecule has 124 valence electrons. The van der Waals surface area contributed by atoms with E-state index in [4.69, 9.17) is 0 Å². The van der Waals surface area contributed by atoms with Gasteiger partial charge in [0.2, 0.25) is 5.91 Å². The van der Waals surface area contributed by atoms with E-state index in [1.807, 2.05) is 30.4 Å². The molecule has 1 saturated heterocycles. The molecule has 0 atom stereocenters. The molecule has 0 spiro atoms. The number of carbonyl (C=O) groups is 1. The number of aryl methyl sites for hydroxylation is 2. The highest BCUT2D eigenvalue weighted by atomic mass is 19.4. The van der Waals surface area contributed by atoms with Gasteiger partial charge in [0.25, 0.3) is 0 Å². The maximum atomic E-state index is 12.4. The normalized spacial score (nSPS) is 17.4. The van der Waals surface area contributed by atoms with Gasteiger partial charge in [-0.05, 0) is 20.8 Å². The molecule has 1 aliphatic heterocycles. The van der Waals surface area contributed by atoms with Gasteiger partial charge in [0, 0.05) is 37.4 Å². The quantitative estimate of drug-likeness (QED) is 0.849. The fourth-order valence-electron chi connectivity index (χ4n) is 2.77. The van der Waals surface area contributed by atoms with Gasteiger partial charge in [-0.15, -0.1) is 0 Å². The van der Waals surface area contributed by atoms with E-state index in [0.29, 0.717) is 13.1 Å². The van der Waals surface area contributed by atoms with E-state index in [1.165, 1.54) is 0 Å². The third-order valence-corrected chi connectivity index (χ3v) is 3.98. The van der Waals surface area contributed by atoms with Crippen molar-refractivity contribution in [2.24, 2.45) is 0 Å². The van der Waals surface area contributed by atoms with Crippen LogP contribution in [0, 0.1) is 13.8 Å². The number of halogens is 3. The topological polar surface area (TPSA) is 41.4 Å². The number of amides is 1. The zero-order chi connectivity index (χ0) is 16.5. The molecule has 1 fully saturated rings. The number of hydrogen-bond acceptors (Lipinski definition) is 3. The first-order valence-corrected chi connectivity index (χ1v) is 7.31. The number of nitrogens with zero attached hydrogens (tertiary/aromatic N) is 4. The second-order valence-corrected chi connectivity index (χ2v) is 5.61. The van der Waals surface area contributed by atoms with Crippen molar-refractivity contribution in [1.82, 2.24) is 19.6 Å². The molecule has 2 heterocycles. The van der Waals surface area contributed by atoms with E-state index >= 15 is 0 Å². The molecule has 1 aromatic heterocycles. The van der Waals surface area contributed by atoms with Crippen molar-refractivity contribution in [3.05, 3.63) is 17.0 Å². The summed E-state index contributed by atoms with van der Waals surface area (Å²) in [4.78, 5) is 14.6. The lowest BCUT2D eigenvalue weighted by molar-refractivity contribution is -0.165. The maximum Gasteiger partial charge on any atom is 0.406 e. The molecular weight excluding hydrogens is 297 g/mol. The first-order valence-electron chi connectivity index (χ1n) is 7.31. The third kappa shape index (κ3) is 3.79. The van der Waals surface area contributed by atoms with Crippen LogP contribution in [0.5, 0.6) is 0 Å². The van der Waals surface area contributed by atoms with Gasteiger partial charge in [-0.25, -0.2) is 0 Å². The molecule has 1 aromatic rings. The smallest absolute Gasteiger partial charge is 0.331 e. The lowest BCUT2D eigenvalue weighted by Gasteiger charge is -2.34. The third-order valence-electron chi connectivity index (χ3n) is 3.98. The Hall–Kier alpha value is -1.57. The van der Waals surface area contributed by atoms with Crippen molar-refractivity contribution in [2.45, 2.75) is 40.0 Å². The molecule has 8 heteroatoms. The van der Waals surface area contributed by atoms with E-state index < -0.39 is 18.6 Å². The molecule has 2 rings (SSSR count). The zero-order valence-electron chi connectivity index (χ0n) is 13.1. The highest BCUT2D eigenvalue weighted by Crippen LogP contribution is 2.20. The van der Waals surface area contributed by atoms with E-state index in [9.17, 15) is 18.0 Å². The predicted molar refractivity (Wildman–Crippen MR) is 75.3 cm³/mol. The zero-order valence-corrected chi connectivity index (χ0v) is 13.1. The summed E-state index contributed by atoms with van der Waals surface area (Å²) in [6.07, 6.45) is -4.34. The van der Waals surface area contributed by atoms with E-state index in [2.05, 4.69) is 5.10 Å². The minimum absolute atomic E-state index is 0.0201. The minimum Gasteiger partial charge on any atom is -0.331 e. The molecule has 0 radical (unpaired) electrons. The average molecular weight is 318 g/mol. The molecular formula is C14H21F3N4O. The summed E-state index contributed by atoms with van der Waals surface area (Å²) in [5.41, 5.74) is 3.01. The van der Waals surface area contributed by atoms with Gasteiger partial charge in [0.1, 0.15) is 6.54 Å². The SMILES string of the molecule is CCn1nc(C)c(CN2CCN(CC(F)(F)F)C(=O)C2)c1C. The Morgan fingerprint density at radius 1 is 1.23 bits per heavy atom. The van der Waals surface area contributed by atoms with Gasteiger partial charge < -0.3 is 4.90 Å². The first kappa shape index (κ1) is 16.8. The van der Waals surface area contributed by atoms with Crippen molar-refractivity contribution < 1.29 is 18.0 Å². The molecule has 5 nitrogen and oxygen atoms in total. The fraction of sp³-hybridized carbons (Fsp3) is 0.714. The Morgan fingerprint density at radius 2 is 1.91 bits per heavy atom. The van der Waals surface area contributed by atoms with Gasteiger partial charge in [0.15, 0.2) is 0 Å². The lowest BCUT2D eigenvalue weighted by Crippen LogP contribution is -2.52. The highest BCUT2D eigenvalue weighted by Gasteiger charge is 2.35. The van der Waals surface area contributed by atoms with Gasteiger partial charge in [-0.3, -0.25) is 14.4 Å². The van der Waals surface area contributed by atoms with Crippen LogP contribution in [0.4, 0.5) is 13.2 Å². The van der Waals surface area contributed by atoms with Crippen molar-refractivity contribution in [3.63, 3.8) is 0 Å². The van der Waals surface area contributed by atoms with E-state index in [1.54, 1.807) is 0 Å². The Labute approximate surface area is 127 Å². The summed E-state index contributed by atoms with van der Waals surface area (Å²) in [7, 11) is 0. The molecule has 0 aromatic carbocycles. The average Bonchev–Trinajstić information content (AvgIpc) is 2.68. The molecule has 0 unspecified atom stereocenters. The summed E-state index contributed by atoms with van der Waals surface area (Å²) in [5, 5.41) is 4.42. The standard InChI is InChI=1S/C14H21F3N4O/c1-4-21-11(3)12(10(2)18-21)7-19-5-6-20(13(22)8-19)9-14(15,16)17/h4-9H2,1-3H3. The molecule has 1 aliphatic rings. The molecule has 0 N–H and O–H groups in total. The summed E-state index contributed by atoms with van der Waals surface area (Å²) in [5.74, 6) is -0.471. The summed E-state index contributed by atoms with van der Waals surface area (Å²) in [6.45, 7) is 6.61. The van der Waals surface area contributed by atoms with Crippen LogP contribution in [-0.4, -0.2) is 57.8 Å². The molecule has 0 aliphatic carbocycles. The lowest BCUT2D eigenvalue weighted by atomic mass is 10.1. The number of aromatic nitrogens is 2. The van der Waals surface area contributed by atoms with E-state index in [0.717, 1.165) is 28.4 Å². The van der Waals surface area contributed by atoms with Crippen LogP contribution in [0.3, 0.4) is 0 Å². The van der Waals surface area contributed by atoms with Crippen LogP contribution in [0.15, 0.2) is 0 Å². The Morgan fingerprint density at radius 3 is 2.41 bits per heavy atom. The largest absolute Gasteiger partial charge is 0.406 e. The Balaban J connectivity index is 2.00.